The summed E-state index contributed by atoms with van der Waals surface area (Å²) in [6.07, 6.45) is 1.04. The van der Waals surface area contributed by atoms with Crippen molar-refractivity contribution in [3.05, 3.63) is 58.1 Å². The molecule has 0 spiro atoms. The van der Waals surface area contributed by atoms with E-state index in [0.29, 0.717) is 15.7 Å². The fraction of sp³-hybridized carbons (Fsp3) is 0.300. The lowest BCUT2D eigenvalue weighted by Crippen LogP contribution is -2.39. The van der Waals surface area contributed by atoms with Crippen LogP contribution in [-0.4, -0.2) is 24.4 Å². The third kappa shape index (κ3) is 3.57. The minimum atomic E-state index is -0.206. The Kier molecular flexibility index (Phi) is 5.54. The lowest BCUT2D eigenvalue weighted by atomic mass is 10.1. The monoisotopic (exact) mass is 390 g/mol. The Hall–Kier alpha value is -2.04. The zero-order valence-corrected chi connectivity index (χ0v) is 16.2. The number of hydrogen-bond donors (Lipinski definition) is 0. The molecule has 1 heterocycles. The Morgan fingerprint density at radius 3 is 2.42 bits per heavy atom. The third-order valence-electron chi connectivity index (χ3n) is 4.61. The molecule has 26 heavy (non-hydrogen) atoms. The van der Waals surface area contributed by atoms with Crippen LogP contribution in [0.1, 0.15) is 25.8 Å². The topological polar surface area (TPSA) is 40.6 Å². The molecule has 0 aromatic heterocycles. The smallest absolute Gasteiger partial charge is 0.229 e. The molecule has 4 nitrogen and oxygen atoms in total. The van der Waals surface area contributed by atoms with Gasteiger partial charge in [-0.05, 0) is 37.1 Å². The van der Waals surface area contributed by atoms with E-state index in [1.54, 1.807) is 18.2 Å². The summed E-state index contributed by atoms with van der Waals surface area (Å²) in [5.74, 6) is -0.223. The number of carbonyl (C=O) groups excluding carboxylic acids is 2. The van der Waals surface area contributed by atoms with Crippen molar-refractivity contribution in [3.63, 3.8) is 0 Å². The molecule has 0 saturated heterocycles. The van der Waals surface area contributed by atoms with Crippen LogP contribution < -0.4 is 9.80 Å². The summed E-state index contributed by atoms with van der Waals surface area (Å²) < 4.78 is 0. The number of para-hydroxylation sites is 2. The number of nitrogens with zero attached hydrogens (tertiary/aromatic N) is 2. The van der Waals surface area contributed by atoms with Gasteiger partial charge in [0.1, 0.15) is 0 Å². The summed E-state index contributed by atoms with van der Waals surface area (Å²) in [6.45, 7) is 3.70. The summed E-state index contributed by atoms with van der Waals surface area (Å²) >= 11 is 12.5. The summed E-state index contributed by atoms with van der Waals surface area (Å²) in [5.41, 5.74) is 2.58. The largest absolute Gasteiger partial charge is 0.309 e. The maximum Gasteiger partial charge on any atom is 0.229 e. The molecule has 0 saturated carbocycles. The normalized spacial score (nSPS) is 15.7. The SMILES string of the molecule is CC(=O)N(CCC(=O)N1c2ccccc2CC1C)c1c(Cl)cccc1Cl. The van der Waals surface area contributed by atoms with Crippen molar-refractivity contribution in [3.8, 4) is 0 Å². The molecule has 1 unspecified atom stereocenters. The van der Waals surface area contributed by atoms with Crippen LogP contribution in [0.5, 0.6) is 0 Å². The van der Waals surface area contributed by atoms with Crippen LogP contribution in [0.3, 0.4) is 0 Å². The van der Waals surface area contributed by atoms with Gasteiger partial charge in [-0.25, -0.2) is 0 Å². The summed E-state index contributed by atoms with van der Waals surface area (Å²) in [5, 5.41) is 0.778. The summed E-state index contributed by atoms with van der Waals surface area (Å²) in [4.78, 5) is 28.3. The second-order valence-electron chi connectivity index (χ2n) is 6.44. The van der Waals surface area contributed by atoms with E-state index in [0.717, 1.165) is 12.1 Å². The van der Waals surface area contributed by atoms with E-state index in [9.17, 15) is 9.59 Å². The van der Waals surface area contributed by atoms with E-state index >= 15 is 0 Å². The highest BCUT2D eigenvalue weighted by atomic mass is 35.5. The fourth-order valence-electron chi connectivity index (χ4n) is 3.45. The van der Waals surface area contributed by atoms with Gasteiger partial charge in [-0.1, -0.05) is 47.5 Å². The van der Waals surface area contributed by atoms with Gasteiger partial charge >= 0.3 is 0 Å². The Morgan fingerprint density at radius 2 is 1.77 bits per heavy atom. The number of rotatable bonds is 4. The van der Waals surface area contributed by atoms with E-state index in [4.69, 9.17) is 23.2 Å². The molecule has 1 aliphatic rings. The van der Waals surface area contributed by atoms with Gasteiger partial charge in [-0.15, -0.1) is 0 Å². The van der Waals surface area contributed by atoms with Gasteiger partial charge in [-0.3, -0.25) is 9.59 Å². The number of carbonyl (C=O) groups is 2. The van der Waals surface area contributed by atoms with Crippen molar-refractivity contribution in [2.75, 3.05) is 16.3 Å². The molecule has 0 aliphatic carbocycles. The predicted molar refractivity (Wildman–Crippen MR) is 106 cm³/mol. The van der Waals surface area contributed by atoms with Gasteiger partial charge in [-0.2, -0.15) is 0 Å². The van der Waals surface area contributed by atoms with Gasteiger partial charge in [0.25, 0.3) is 0 Å². The first-order valence-electron chi connectivity index (χ1n) is 8.52. The lowest BCUT2D eigenvalue weighted by Gasteiger charge is -2.26. The van der Waals surface area contributed by atoms with E-state index in [1.807, 2.05) is 36.1 Å². The van der Waals surface area contributed by atoms with Crippen molar-refractivity contribution in [2.24, 2.45) is 0 Å². The van der Waals surface area contributed by atoms with Crippen LogP contribution >= 0.6 is 23.2 Å². The molecule has 0 fully saturated rings. The van der Waals surface area contributed by atoms with Crippen molar-refractivity contribution >= 4 is 46.4 Å². The average molecular weight is 391 g/mol. The second kappa shape index (κ2) is 7.68. The number of fused-ring (bicyclic) bond motifs is 1. The number of amides is 2. The molecule has 1 aliphatic heterocycles. The number of anilines is 2. The first-order valence-corrected chi connectivity index (χ1v) is 9.28. The maximum atomic E-state index is 12.9. The van der Waals surface area contributed by atoms with Crippen LogP contribution in [0, 0.1) is 0 Å². The molecule has 0 radical (unpaired) electrons. The molecule has 6 heteroatoms. The molecule has 1 atom stereocenters. The Labute approximate surface area is 163 Å². The summed E-state index contributed by atoms with van der Waals surface area (Å²) in [6, 6.07) is 13.1. The van der Waals surface area contributed by atoms with Crippen molar-refractivity contribution < 1.29 is 9.59 Å². The van der Waals surface area contributed by atoms with Gasteiger partial charge in [0.15, 0.2) is 0 Å². The highest BCUT2D eigenvalue weighted by molar-refractivity contribution is 6.39. The Bertz CT molecular complexity index is 833. The molecule has 2 aromatic rings. The van der Waals surface area contributed by atoms with Gasteiger partial charge in [0, 0.05) is 31.6 Å². The molecule has 0 N–H and O–H groups in total. The molecule has 0 bridgehead atoms. The number of halogens is 2. The first-order chi connectivity index (χ1) is 12.4. The predicted octanol–water partition coefficient (Wildman–Crippen LogP) is 4.71. The van der Waals surface area contributed by atoms with Crippen molar-refractivity contribution in [1.82, 2.24) is 0 Å². The second-order valence-corrected chi connectivity index (χ2v) is 7.25. The molecular formula is C20H20Cl2N2O2. The Morgan fingerprint density at radius 1 is 1.12 bits per heavy atom. The molecule has 136 valence electrons. The van der Waals surface area contributed by atoms with E-state index in [1.165, 1.54) is 17.4 Å². The molecule has 3 rings (SSSR count). The average Bonchev–Trinajstić information content (AvgIpc) is 2.92. The van der Waals surface area contributed by atoms with Crippen LogP contribution in [0.15, 0.2) is 42.5 Å². The zero-order chi connectivity index (χ0) is 18.8. The lowest BCUT2D eigenvalue weighted by molar-refractivity contribution is -0.119. The van der Waals surface area contributed by atoms with Crippen LogP contribution in [0.25, 0.3) is 0 Å². The molecular weight excluding hydrogens is 371 g/mol. The molecule has 2 amide bonds. The first kappa shape index (κ1) is 18.7. The van der Waals surface area contributed by atoms with Crippen molar-refractivity contribution in [2.45, 2.75) is 32.7 Å². The van der Waals surface area contributed by atoms with Crippen LogP contribution in [-0.2, 0) is 16.0 Å². The maximum absolute atomic E-state index is 12.9. The van der Waals surface area contributed by atoms with Crippen molar-refractivity contribution in [1.29, 1.82) is 0 Å². The standard InChI is InChI=1S/C20H20Cl2N2O2/c1-13-12-15-6-3-4-9-18(15)24(13)19(26)10-11-23(14(2)25)20-16(21)7-5-8-17(20)22/h3-9,13H,10-12H2,1-2H3. The minimum Gasteiger partial charge on any atom is -0.309 e. The zero-order valence-electron chi connectivity index (χ0n) is 14.7. The number of hydrogen-bond acceptors (Lipinski definition) is 2. The van der Waals surface area contributed by atoms with Crippen LogP contribution in [0.4, 0.5) is 11.4 Å². The van der Waals surface area contributed by atoms with Crippen LogP contribution in [0.2, 0.25) is 10.0 Å². The summed E-state index contributed by atoms with van der Waals surface area (Å²) in [7, 11) is 0. The quantitative estimate of drug-likeness (QED) is 0.757. The molecule has 2 aromatic carbocycles. The van der Waals surface area contributed by atoms with Gasteiger partial charge in [0.2, 0.25) is 11.8 Å². The third-order valence-corrected chi connectivity index (χ3v) is 5.22. The highest BCUT2D eigenvalue weighted by Gasteiger charge is 2.31. The van der Waals surface area contributed by atoms with E-state index in [2.05, 4.69) is 0 Å². The van der Waals surface area contributed by atoms with Gasteiger partial charge < -0.3 is 9.80 Å². The Balaban J connectivity index is 1.78. The number of benzene rings is 2. The van der Waals surface area contributed by atoms with Gasteiger partial charge in [0.05, 0.1) is 15.7 Å². The highest BCUT2D eigenvalue weighted by Crippen LogP contribution is 2.35. The van der Waals surface area contributed by atoms with E-state index < -0.39 is 0 Å². The minimum absolute atomic E-state index is 0.0168. The van der Waals surface area contributed by atoms with E-state index in [-0.39, 0.29) is 30.8 Å². The fourth-order valence-corrected chi connectivity index (χ4v) is 4.05.